The number of carbonyl (C=O) groups excluding carboxylic acids is 1. The van der Waals surface area contributed by atoms with Crippen LogP contribution in [0.5, 0.6) is 0 Å². The van der Waals surface area contributed by atoms with Gasteiger partial charge < -0.3 is 15.8 Å². The van der Waals surface area contributed by atoms with Crippen molar-refractivity contribution in [1.29, 1.82) is 0 Å². The van der Waals surface area contributed by atoms with Gasteiger partial charge in [0.15, 0.2) is 0 Å². The van der Waals surface area contributed by atoms with Gasteiger partial charge in [-0.3, -0.25) is 9.69 Å². The molecule has 1 amide bonds. The first-order valence-corrected chi connectivity index (χ1v) is 6.52. The molecular weight excluding hydrogens is 261 g/mol. The number of nitrogen functional groups attached to an aromatic ring is 1. The lowest BCUT2D eigenvalue weighted by Gasteiger charge is -2.25. The van der Waals surface area contributed by atoms with Crippen molar-refractivity contribution in [3.8, 4) is 0 Å². The minimum atomic E-state index is -0.426. The Kier molecular flexibility index (Phi) is 6.41. The number of benzene rings is 1. The van der Waals surface area contributed by atoms with Gasteiger partial charge in [-0.05, 0) is 32.0 Å². The number of methoxy groups -OCH3 is 1. The Bertz CT molecular complexity index is 452. The number of nitrogens with zero attached hydrogens (tertiary/aromatic N) is 1. The van der Waals surface area contributed by atoms with Crippen LogP contribution in [0.15, 0.2) is 18.2 Å². The molecule has 0 saturated heterocycles. The lowest BCUT2D eigenvalue weighted by Crippen LogP contribution is -2.40. The van der Waals surface area contributed by atoms with E-state index in [2.05, 4.69) is 5.32 Å². The highest BCUT2D eigenvalue weighted by molar-refractivity contribution is 5.95. The van der Waals surface area contributed by atoms with Gasteiger partial charge in [-0.1, -0.05) is 0 Å². The third kappa shape index (κ3) is 5.14. The number of ether oxygens (including phenoxy) is 1. The molecule has 0 bridgehead atoms. The zero-order valence-corrected chi connectivity index (χ0v) is 12.1. The third-order valence-corrected chi connectivity index (χ3v) is 2.95. The van der Waals surface area contributed by atoms with Crippen LogP contribution in [0.1, 0.15) is 13.8 Å². The molecule has 0 fully saturated rings. The highest BCUT2D eigenvalue weighted by Crippen LogP contribution is 2.18. The Morgan fingerprint density at radius 1 is 1.50 bits per heavy atom. The van der Waals surface area contributed by atoms with Crippen LogP contribution in [0.4, 0.5) is 15.8 Å². The molecule has 0 aliphatic heterocycles. The minimum absolute atomic E-state index is 0.187. The van der Waals surface area contributed by atoms with Crippen LogP contribution in [0.25, 0.3) is 0 Å². The smallest absolute Gasteiger partial charge is 0.238 e. The van der Waals surface area contributed by atoms with Crippen molar-refractivity contribution in [3.05, 3.63) is 24.0 Å². The van der Waals surface area contributed by atoms with E-state index in [-0.39, 0.29) is 24.2 Å². The summed E-state index contributed by atoms with van der Waals surface area (Å²) in [4.78, 5) is 14.0. The normalized spacial score (nSPS) is 11.1. The fourth-order valence-electron chi connectivity index (χ4n) is 1.75. The second-order valence-electron chi connectivity index (χ2n) is 4.84. The predicted molar refractivity (Wildman–Crippen MR) is 78.0 cm³/mol. The number of hydrogen-bond acceptors (Lipinski definition) is 4. The summed E-state index contributed by atoms with van der Waals surface area (Å²) in [6, 6.07) is 4.12. The number of amides is 1. The molecule has 0 radical (unpaired) electrons. The molecule has 1 rings (SSSR count). The molecular formula is C14H22FN3O2. The number of halogens is 1. The van der Waals surface area contributed by atoms with Gasteiger partial charge in [-0.15, -0.1) is 0 Å². The molecule has 0 saturated carbocycles. The van der Waals surface area contributed by atoms with Gasteiger partial charge in [0.25, 0.3) is 0 Å². The Morgan fingerprint density at radius 3 is 2.75 bits per heavy atom. The first-order valence-electron chi connectivity index (χ1n) is 6.52. The van der Waals surface area contributed by atoms with Crippen LogP contribution in [0.3, 0.4) is 0 Å². The van der Waals surface area contributed by atoms with Gasteiger partial charge in [-0.2, -0.15) is 0 Å². The highest BCUT2D eigenvalue weighted by Gasteiger charge is 2.14. The molecule has 0 aromatic heterocycles. The Balaban J connectivity index is 2.61. The van der Waals surface area contributed by atoms with E-state index >= 15 is 0 Å². The molecule has 1 aromatic carbocycles. The molecule has 5 nitrogen and oxygen atoms in total. The summed E-state index contributed by atoms with van der Waals surface area (Å²) < 4.78 is 17.9. The maximum absolute atomic E-state index is 12.9. The van der Waals surface area contributed by atoms with Crippen molar-refractivity contribution >= 4 is 17.3 Å². The Hall–Kier alpha value is -1.66. The first-order chi connectivity index (χ1) is 9.43. The van der Waals surface area contributed by atoms with Gasteiger partial charge in [0.1, 0.15) is 5.82 Å². The SMILES string of the molecule is COCCN(CC(=O)Nc1ccc(F)cc1N)C(C)C. The summed E-state index contributed by atoms with van der Waals surface area (Å²) in [5.74, 6) is -0.613. The van der Waals surface area contributed by atoms with Gasteiger partial charge >= 0.3 is 0 Å². The largest absolute Gasteiger partial charge is 0.397 e. The summed E-state index contributed by atoms with van der Waals surface area (Å²) in [7, 11) is 1.62. The molecule has 3 N–H and O–H groups in total. The summed E-state index contributed by atoms with van der Waals surface area (Å²) in [6.45, 7) is 5.48. The van der Waals surface area contributed by atoms with Crippen LogP contribution < -0.4 is 11.1 Å². The number of nitrogens with one attached hydrogen (secondary N) is 1. The molecule has 0 aliphatic carbocycles. The lowest BCUT2D eigenvalue weighted by atomic mass is 10.2. The molecule has 1 aromatic rings. The van der Waals surface area contributed by atoms with Gasteiger partial charge in [-0.25, -0.2) is 4.39 Å². The number of nitrogens with two attached hydrogens (primary N) is 1. The van der Waals surface area contributed by atoms with Gasteiger partial charge in [0.05, 0.1) is 24.5 Å². The Labute approximate surface area is 118 Å². The van der Waals surface area contributed by atoms with Crippen molar-refractivity contribution in [2.24, 2.45) is 0 Å². The second kappa shape index (κ2) is 7.81. The molecule has 0 unspecified atom stereocenters. The van der Waals surface area contributed by atoms with E-state index in [0.29, 0.717) is 18.8 Å². The summed E-state index contributed by atoms with van der Waals surface area (Å²) in [5.41, 5.74) is 6.29. The van der Waals surface area contributed by atoms with Crippen molar-refractivity contribution < 1.29 is 13.9 Å². The highest BCUT2D eigenvalue weighted by atomic mass is 19.1. The molecule has 0 spiro atoms. The van der Waals surface area contributed by atoms with Crippen molar-refractivity contribution in [1.82, 2.24) is 4.90 Å². The monoisotopic (exact) mass is 283 g/mol. The van der Waals surface area contributed by atoms with Crippen LogP contribution in [0.2, 0.25) is 0 Å². The average Bonchev–Trinajstić information content (AvgIpc) is 2.37. The van der Waals surface area contributed by atoms with Crippen molar-refractivity contribution in [3.63, 3.8) is 0 Å². The lowest BCUT2D eigenvalue weighted by molar-refractivity contribution is -0.117. The van der Waals surface area contributed by atoms with E-state index in [1.54, 1.807) is 7.11 Å². The fourth-order valence-corrected chi connectivity index (χ4v) is 1.75. The molecule has 6 heteroatoms. The van der Waals surface area contributed by atoms with Crippen LogP contribution in [-0.2, 0) is 9.53 Å². The standard InChI is InChI=1S/C14H22FN3O2/c1-10(2)18(6-7-20-3)9-14(19)17-13-5-4-11(15)8-12(13)16/h4-5,8,10H,6-7,9,16H2,1-3H3,(H,17,19). The number of anilines is 2. The van der Waals surface area contributed by atoms with Crippen LogP contribution >= 0.6 is 0 Å². The molecule has 0 heterocycles. The first kappa shape index (κ1) is 16.4. The Morgan fingerprint density at radius 2 is 2.20 bits per heavy atom. The predicted octanol–water partition coefficient (Wildman–Crippen LogP) is 1.70. The maximum atomic E-state index is 12.9. The van der Waals surface area contributed by atoms with Gasteiger partial charge in [0.2, 0.25) is 5.91 Å². The van der Waals surface area contributed by atoms with Crippen LogP contribution in [-0.4, -0.2) is 43.7 Å². The average molecular weight is 283 g/mol. The summed E-state index contributed by atoms with van der Waals surface area (Å²) in [5, 5.41) is 2.69. The molecule has 112 valence electrons. The van der Waals surface area contributed by atoms with E-state index in [9.17, 15) is 9.18 Å². The van der Waals surface area contributed by atoms with Crippen LogP contribution in [0, 0.1) is 5.82 Å². The van der Waals surface area contributed by atoms with E-state index in [4.69, 9.17) is 10.5 Å². The zero-order chi connectivity index (χ0) is 15.1. The maximum Gasteiger partial charge on any atom is 0.238 e. The minimum Gasteiger partial charge on any atom is -0.397 e. The molecule has 0 aliphatic rings. The van der Waals surface area contributed by atoms with Crippen molar-refractivity contribution in [2.75, 3.05) is 37.9 Å². The van der Waals surface area contributed by atoms with E-state index in [0.717, 1.165) is 0 Å². The quantitative estimate of drug-likeness (QED) is 0.747. The van der Waals surface area contributed by atoms with E-state index in [1.807, 2.05) is 18.7 Å². The molecule has 0 atom stereocenters. The number of carbonyl (C=O) groups is 1. The summed E-state index contributed by atoms with van der Waals surface area (Å²) in [6.07, 6.45) is 0. The van der Waals surface area contributed by atoms with E-state index < -0.39 is 5.82 Å². The van der Waals surface area contributed by atoms with E-state index in [1.165, 1.54) is 18.2 Å². The topological polar surface area (TPSA) is 67.6 Å². The number of hydrogen-bond donors (Lipinski definition) is 2. The fraction of sp³-hybridized carbons (Fsp3) is 0.500. The third-order valence-electron chi connectivity index (χ3n) is 2.95. The molecule has 20 heavy (non-hydrogen) atoms. The van der Waals surface area contributed by atoms with Crippen molar-refractivity contribution in [2.45, 2.75) is 19.9 Å². The van der Waals surface area contributed by atoms with Gasteiger partial charge in [0, 0.05) is 19.7 Å². The number of rotatable bonds is 7. The summed E-state index contributed by atoms with van der Waals surface area (Å²) >= 11 is 0. The zero-order valence-electron chi connectivity index (χ0n) is 12.1. The second-order valence-corrected chi connectivity index (χ2v) is 4.84.